The highest BCUT2D eigenvalue weighted by atomic mass is 79.9. The number of nitrogens with zero attached hydrogens (tertiary/aromatic N) is 2. The van der Waals surface area contributed by atoms with E-state index >= 15 is 0 Å². The molecule has 0 bridgehead atoms. The lowest BCUT2D eigenvalue weighted by molar-refractivity contribution is 0.370. The Kier molecular flexibility index (Phi) is 3.49. The topological polar surface area (TPSA) is 38.9 Å². The number of rotatable bonds is 3. The largest absolute Gasteiger partial charge is 0.338 e. The third kappa shape index (κ3) is 2.14. The van der Waals surface area contributed by atoms with E-state index in [-0.39, 0.29) is 4.83 Å². The predicted molar refractivity (Wildman–Crippen MR) is 60.7 cm³/mol. The molecule has 1 aromatic heterocycles. The second-order valence-corrected chi connectivity index (χ2v) is 5.78. The summed E-state index contributed by atoms with van der Waals surface area (Å²) < 4.78 is 5.21. The maximum atomic E-state index is 5.21. The van der Waals surface area contributed by atoms with Crippen LogP contribution in [0.25, 0.3) is 0 Å². The van der Waals surface area contributed by atoms with Gasteiger partial charge in [0.05, 0.1) is 10.1 Å². The molecule has 78 valence electrons. The van der Waals surface area contributed by atoms with Gasteiger partial charge in [0.25, 0.3) is 0 Å². The molecular weight excluding hydrogens is 264 g/mol. The van der Waals surface area contributed by atoms with E-state index in [0.29, 0.717) is 5.25 Å². The highest BCUT2D eigenvalue weighted by Gasteiger charge is 2.24. The van der Waals surface area contributed by atoms with Crippen molar-refractivity contribution < 1.29 is 4.52 Å². The van der Waals surface area contributed by atoms with E-state index in [9.17, 15) is 0 Å². The van der Waals surface area contributed by atoms with Gasteiger partial charge in [0.2, 0.25) is 5.89 Å². The first-order valence-electron chi connectivity index (χ1n) is 4.90. The Labute approximate surface area is 96.2 Å². The fraction of sp³-hybridized carbons (Fsp3) is 0.778. The first-order chi connectivity index (χ1) is 6.81. The Hall–Kier alpha value is -0.0300. The van der Waals surface area contributed by atoms with Crippen LogP contribution in [0.15, 0.2) is 4.52 Å². The summed E-state index contributed by atoms with van der Waals surface area (Å²) in [5.41, 5.74) is 0. The van der Waals surface area contributed by atoms with Gasteiger partial charge in [-0.1, -0.05) is 28.0 Å². The summed E-state index contributed by atoms with van der Waals surface area (Å²) in [7, 11) is 0. The molecule has 2 unspecified atom stereocenters. The molecule has 2 rings (SSSR count). The molecule has 1 fully saturated rings. The number of alkyl halides is 1. The molecule has 2 atom stereocenters. The average Bonchev–Trinajstić information content (AvgIpc) is 2.86. The molecular formula is C9H13BrN2OS. The van der Waals surface area contributed by atoms with Crippen LogP contribution in [0.5, 0.6) is 0 Å². The Bertz CT molecular complexity index is 299. The zero-order chi connectivity index (χ0) is 9.97. The first kappa shape index (κ1) is 10.5. The molecule has 2 heterocycles. The summed E-state index contributed by atoms with van der Waals surface area (Å²) in [5.74, 6) is 2.82. The minimum atomic E-state index is 0.204. The monoisotopic (exact) mass is 276 g/mol. The lowest BCUT2D eigenvalue weighted by Crippen LogP contribution is -1.93. The van der Waals surface area contributed by atoms with Crippen molar-refractivity contribution in [1.82, 2.24) is 10.1 Å². The lowest BCUT2D eigenvalue weighted by Gasteiger charge is -2.00. The van der Waals surface area contributed by atoms with Crippen LogP contribution in [0.3, 0.4) is 0 Å². The van der Waals surface area contributed by atoms with Crippen molar-refractivity contribution in [2.45, 2.75) is 36.3 Å². The first-order valence-corrected chi connectivity index (χ1v) is 6.87. The van der Waals surface area contributed by atoms with Crippen molar-refractivity contribution in [3.63, 3.8) is 0 Å². The molecule has 0 aromatic carbocycles. The normalized spacial score (nSPS) is 24.0. The molecule has 1 aliphatic rings. The number of hydrogen-bond acceptors (Lipinski definition) is 4. The summed E-state index contributed by atoms with van der Waals surface area (Å²) in [4.78, 5) is 4.62. The summed E-state index contributed by atoms with van der Waals surface area (Å²) in [6, 6.07) is 0. The molecule has 0 saturated carbocycles. The zero-order valence-electron chi connectivity index (χ0n) is 8.07. The summed E-state index contributed by atoms with van der Waals surface area (Å²) >= 11 is 5.43. The van der Waals surface area contributed by atoms with E-state index in [1.54, 1.807) is 0 Å². The number of halogens is 1. The van der Waals surface area contributed by atoms with Crippen LogP contribution in [0.1, 0.15) is 48.0 Å². The molecule has 14 heavy (non-hydrogen) atoms. The van der Waals surface area contributed by atoms with Crippen LogP contribution in [-0.4, -0.2) is 15.9 Å². The van der Waals surface area contributed by atoms with Gasteiger partial charge in [0.15, 0.2) is 5.82 Å². The minimum Gasteiger partial charge on any atom is -0.338 e. The zero-order valence-corrected chi connectivity index (χ0v) is 10.5. The molecule has 0 amide bonds. The van der Waals surface area contributed by atoms with E-state index in [1.807, 2.05) is 11.8 Å². The third-order valence-corrected chi connectivity index (χ3v) is 4.71. The van der Waals surface area contributed by atoms with Crippen LogP contribution in [0.2, 0.25) is 0 Å². The van der Waals surface area contributed by atoms with Crippen LogP contribution in [0.4, 0.5) is 0 Å². The maximum absolute atomic E-state index is 5.21. The number of thioether (sulfide) groups is 1. The smallest absolute Gasteiger partial charge is 0.240 e. The summed E-state index contributed by atoms with van der Waals surface area (Å²) in [6.07, 6.45) is 3.42. The molecule has 0 spiro atoms. The highest BCUT2D eigenvalue weighted by molar-refractivity contribution is 9.09. The van der Waals surface area contributed by atoms with Gasteiger partial charge < -0.3 is 4.52 Å². The number of aromatic nitrogens is 2. The quantitative estimate of drug-likeness (QED) is 0.793. The third-order valence-electron chi connectivity index (χ3n) is 2.30. The van der Waals surface area contributed by atoms with Gasteiger partial charge in [0, 0.05) is 0 Å². The molecule has 5 heteroatoms. The van der Waals surface area contributed by atoms with Crippen molar-refractivity contribution >= 4 is 27.7 Å². The van der Waals surface area contributed by atoms with E-state index in [1.165, 1.54) is 18.6 Å². The molecule has 1 aromatic rings. The second kappa shape index (κ2) is 4.66. The standard InChI is InChI=1S/C9H13BrN2OS/c1-2-6(10)9-11-8(12-13-9)7-4-3-5-14-7/h6-7H,2-5H2,1H3. The van der Waals surface area contributed by atoms with Gasteiger partial charge in [-0.3, -0.25) is 0 Å². The Morgan fingerprint density at radius 3 is 3.21 bits per heavy atom. The summed E-state index contributed by atoms with van der Waals surface area (Å²) in [5, 5.41) is 4.49. The van der Waals surface area contributed by atoms with E-state index in [2.05, 4.69) is 33.0 Å². The maximum Gasteiger partial charge on any atom is 0.240 e. The molecule has 0 N–H and O–H groups in total. The average molecular weight is 277 g/mol. The van der Waals surface area contributed by atoms with Crippen molar-refractivity contribution in [1.29, 1.82) is 0 Å². The van der Waals surface area contributed by atoms with Crippen molar-refractivity contribution in [2.24, 2.45) is 0 Å². The fourth-order valence-electron chi connectivity index (χ4n) is 1.46. The van der Waals surface area contributed by atoms with Gasteiger partial charge in [-0.2, -0.15) is 16.7 Å². The van der Waals surface area contributed by atoms with Crippen molar-refractivity contribution in [3.8, 4) is 0 Å². The Morgan fingerprint density at radius 1 is 1.71 bits per heavy atom. The van der Waals surface area contributed by atoms with Gasteiger partial charge in [-0.15, -0.1) is 0 Å². The Morgan fingerprint density at radius 2 is 2.57 bits per heavy atom. The molecule has 0 radical (unpaired) electrons. The fourth-order valence-corrected chi connectivity index (χ4v) is 2.84. The van der Waals surface area contributed by atoms with E-state index in [0.717, 1.165) is 18.1 Å². The SMILES string of the molecule is CCC(Br)c1nc(C2CCCS2)no1. The lowest BCUT2D eigenvalue weighted by atomic mass is 10.2. The highest BCUT2D eigenvalue weighted by Crippen LogP contribution is 2.39. The van der Waals surface area contributed by atoms with E-state index in [4.69, 9.17) is 4.52 Å². The van der Waals surface area contributed by atoms with Crippen LogP contribution >= 0.6 is 27.7 Å². The van der Waals surface area contributed by atoms with Gasteiger partial charge in [-0.25, -0.2) is 0 Å². The van der Waals surface area contributed by atoms with Crippen LogP contribution < -0.4 is 0 Å². The Balaban J connectivity index is 2.08. The predicted octanol–water partition coefficient (Wildman–Crippen LogP) is 3.48. The van der Waals surface area contributed by atoms with Gasteiger partial charge in [0.1, 0.15) is 0 Å². The molecule has 3 nitrogen and oxygen atoms in total. The van der Waals surface area contributed by atoms with Crippen LogP contribution in [0, 0.1) is 0 Å². The van der Waals surface area contributed by atoms with Gasteiger partial charge in [-0.05, 0) is 25.0 Å². The molecule has 0 aliphatic carbocycles. The van der Waals surface area contributed by atoms with Gasteiger partial charge >= 0.3 is 0 Å². The molecule has 1 aliphatic heterocycles. The van der Waals surface area contributed by atoms with Crippen molar-refractivity contribution in [2.75, 3.05) is 5.75 Å². The van der Waals surface area contributed by atoms with Crippen molar-refractivity contribution in [3.05, 3.63) is 11.7 Å². The van der Waals surface area contributed by atoms with E-state index < -0.39 is 0 Å². The summed E-state index contributed by atoms with van der Waals surface area (Å²) in [6.45, 7) is 2.09. The minimum absolute atomic E-state index is 0.204. The second-order valence-electron chi connectivity index (χ2n) is 3.37. The number of hydrogen-bond donors (Lipinski definition) is 0. The van der Waals surface area contributed by atoms with Crippen LogP contribution in [-0.2, 0) is 0 Å². The molecule has 1 saturated heterocycles.